The zero-order chi connectivity index (χ0) is 18.6. The molecule has 2 aromatic rings. The van der Waals surface area contributed by atoms with Crippen LogP contribution in [0.4, 0.5) is 0 Å². The highest BCUT2D eigenvalue weighted by molar-refractivity contribution is 8.01. The first kappa shape index (κ1) is 19.7. The molecule has 0 spiro atoms. The third-order valence-corrected chi connectivity index (χ3v) is 8.80. The lowest BCUT2D eigenvalue weighted by atomic mass is 9.98. The first-order chi connectivity index (χ1) is 12.4. The standard InChI is InChI=1S/C15H20N4O3S4/c1-11-17-18-15(25-11)24-10-13(20)19-6-2-4-12(9-19)8-16-26(21,22)14-5-3-7-23-14/h3,5,7,12,16H,2,4,6,8-10H2,1H3. The minimum Gasteiger partial charge on any atom is -0.342 e. The van der Waals surface area contributed by atoms with Crippen molar-refractivity contribution in [3.63, 3.8) is 0 Å². The lowest BCUT2D eigenvalue weighted by molar-refractivity contribution is -0.130. The number of thioether (sulfide) groups is 1. The van der Waals surface area contributed by atoms with Gasteiger partial charge in [0.05, 0.1) is 5.75 Å². The Kier molecular flexibility index (Phi) is 6.67. The molecule has 0 radical (unpaired) electrons. The van der Waals surface area contributed by atoms with Crippen LogP contribution >= 0.6 is 34.4 Å². The largest absolute Gasteiger partial charge is 0.342 e. The summed E-state index contributed by atoms with van der Waals surface area (Å²) in [5, 5.41) is 10.6. The molecule has 1 N–H and O–H groups in total. The van der Waals surface area contributed by atoms with Gasteiger partial charge >= 0.3 is 0 Å². The molecule has 0 saturated carbocycles. The molecule has 7 nitrogen and oxygen atoms in total. The lowest BCUT2D eigenvalue weighted by Gasteiger charge is -2.32. The van der Waals surface area contributed by atoms with E-state index in [0.29, 0.717) is 23.1 Å². The third-order valence-electron chi connectivity index (χ3n) is 4.02. The number of likely N-dealkylation sites (tertiary alicyclic amines) is 1. The smallest absolute Gasteiger partial charge is 0.250 e. The molecule has 11 heteroatoms. The Hall–Kier alpha value is -1.01. The molecular weight excluding hydrogens is 412 g/mol. The first-order valence-electron chi connectivity index (χ1n) is 8.18. The van der Waals surface area contributed by atoms with E-state index in [4.69, 9.17) is 0 Å². The second-order valence-corrected chi connectivity index (χ2v) is 11.4. The molecule has 0 bridgehead atoms. The molecule has 1 atom stereocenters. The Bertz CT molecular complexity index is 835. The van der Waals surface area contributed by atoms with Gasteiger partial charge in [0.2, 0.25) is 15.9 Å². The minimum atomic E-state index is -3.45. The van der Waals surface area contributed by atoms with Gasteiger partial charge in [0.25, 0.3) is 0 Å². The van der Waals surface area contributed by atoms with E-state index in [1.807, 2.05) is 11.8 Å². The van der Waals surface area contributed by atoms with Crippen LogP contribution in [-0.4, -0.2) is 54.8 Å². The van der Waals surface area contributed by atoms with Gasteiger partial charge in [0.15, 0.2) is 4.34 Å². The second-order valence-electron chi connectivity index (χ2n) is 6.01. The molecule has 1 aliphatic heterocycles. The van der Waals surface area contributed by atoms with Gasteiger partial charge in [0, 0.05) is 19.6 Å². The molecule has 1 amide bonds. The van der Waals surface area contributed by atoms with E-state index < -0.39 is 10.0 Å². The van der Waals surface area contributed by atoms with Gasteiger partial charge < -0.3 is 4.90 Å². The van der Waals surface area contributed by atoms with Crippen molar-refractivity contribution in [3.8, 4) is 0 Å². The summed E-state index contributed by atoms with van der Waals surface area (Å²) in [7, 11) is -3.45. The number of nitrogens with zero attached hydrogens (tertiary/aromatic N) is 3. The quantitative estimate of drug-likeness (QED) is 0.675. The van der Waals surface area contributed by atoms with Gasteiger partial charge in [-0.3, -0.25) is 4.79 Å². The number of carbonyl (C=O) groups excluding carboxylic acids is 1. The summed E-state index contributed by atoms with van der Waals surface area (Å²) < 4.78 is 28.2. The van der Waals surface area contributed by atoms with Gasteiger partial charge in [-0.2, -0.15) is 0 Å². The molecule has 26 heavy (non-hydrogen) atoms. The highest BCUT2D eigenvalue weighted by Crippen LogP contribution is 2.24. The predicted molar refractivity (Wildman–Crippen MR) is 104 cm³/mol. The van der Waals surface area contributed by atoms with Gasteiger partial charge in [0.1, 0.15) is 9.22 Å². The maximum Gasteiger partial charge on any atom is 0.250 e. The monoisotopic (exact) mass is 432 g/mol. The molecule has 1 unspecified atom stereocenters. The molecule has 2 aromatic heterocycles. The summed E-state index contributed by atoms with van der Waals surface area (Å²) in [6.45, 7) is 3.55. The number of nitrogens with one attached hydrogen (secondary N) is 1. The van der Waals surface area contributed by atoms with E-state index in [9.17, 15) is 13.2 Å². The molecule has 0 aliphatic carbocycles. The first-order valence-corrected chi connectivity index (χ1v) is 12.3. The zero-order valence-corrected chi connectivity index (χ0v) is 17.5. The van der Waals surface area contributed by atoms with Crippen LogP contribution in [0.2, 0.25) is 0 Å². The third kappa shape index (κ3) is 5.26. The van der Waals surface area contributed by atoms with E-state index in [2.05, 4.69) is 14.9 Å². The Morgan fingerprint density at radius 2 is 2.31 bits per heavy atom. The van der Waals surface area contributed by atoms with Gasteiger partial charge in [-0.05, 0) is 37.1 Å². The Labute approximate surface area is 165 Å². The maximum absolute atomic E-state index is 12.4. The fourth-order valence-electron chi connectivity index (χ4n) is 2.72. The van der Waals surface area contributed by atoms with E-state index >= 15 is 0 Å². The van der Waals surface area contributed by atoms with Crippen LogP contribution in [-0.2, 0) is 14.8 Å². The lowest BCUT2D eigenvalue weighted by Crippen LogP contribution is -2.44. The highest BCUT2D eigenvalue weighted by atomic mass is 32.2. The van der Waals surface area contributed by atoms with Crippen molar-refractivity contribution in [2.75, 3.05) is 25.4 Å². The van der Waals surface area contributed by atoms with Crippen LogP contribution in [0, 0.1) is 12.8 Å². The van der Waals surface area contributed by atoms with Crippen molar-refractivity contribution in [1.82, 2.24) is 19.8 Å². The summed E-state index contributed by atoms with van der Waals surface area (Å²) in [4.78, 5) is 14.3. The number of aromatic nitrogens is 2. The van der Waals surface area contributed by atoms with E-state index in [0.717, 1.165) is 28.7 Å². The topological polar surface area (TPSA) is 92.3 Å². The number of hydrogen-bond donors (Lipinski definition) is 1. The number of thiophene rings is 1. The van der Waals surface area contributed by atoms with E-state index in [-0.39, 0.29) is 11.8 Å². The second kappa shape index (κ2) is 8.79. The van der Waals surface area contributed by atoms with Crippen molar-refractivity contribution in [2.24, 2.45) is 5.92 Å². The van der Waals surface area contributed by atoms with Crippen molar-refractivity contribution in [3.05, 3.63) is 22.5 Å². The minimum absolute atomic E-state index is 0.0636. The SMILES string of the molecule is Cc1nnc(SCC(=O)N2CCCC(CNS(=O)(=O)c3cccs3)C2)s1. The number of hydrogen-bond acceptors (Lipinski definition) is 8. The molecule has 1 saturated heterocycles. The average Bonchev–Trinajstić information content (AvgIpc) is 3.30. The van der Waals surface area contributed by atoms with Crippen molar-refractivity contribution < 1.29 is 13.2 Å². The van der Waals surface area contributed by atoms with Crippen LogP contribution in [0.1, 0.15) is 17.8 Å². The van der Waals surface area contributed by atoms with Gasteiger partial charge in [-0.15, -0.1) is 21.5 Å². The number of carbonyl (C=O) groups is 1. The normalized spacial score (nSPS) is 18.2. The molecule has 1 aliphatic rings. The molecular formula is C15H20N4O3S4. The number of sulfonamides is 1. The van der Waals surface area contributed by atoms with E-state index in [1.54, 1.807) is 17.5 Å². The molecule has 1 fully saturated rings. The summed E-state index contributed by atoms with van der Waals surface area (Å²) in [5.74, 6) is 0.535. The zero-order valence-electron chi connectivity index (χ0n) is 14.3. The summed E-state index contributed by atoms with van der Waals surface area (Å²) in [5.41, 5.74) is 0. The van der Waals surface area contributed by atoms with E-state index in [1.165, 1.54) is 34.4 Å². The van der Waals surface area contributed by atoms with Crippen LogP contribution in [0.5, 0.6) is 0 Å². The molecule has 0 aromatic carbocycles. The molecule has 3 heterocycles. The maximum atomic E-state index is 12.4. The predicted octanol–water partition coefficient (Wildman–Crippen LogP) is 2.22. The van der Waals surface area contributed by atoms with Crippen molar-refractivity contribution in [1.29, 1.82) is 0 Å². The average molecular weight is 433 g/mol. The highest BCUT2D eigenvalue weighted by Gasteiger charge is 2.25. The van der Waals surface area contributed by atoms with Gasteiger partial charge in [-0.25, -0.2) is 13.1 Å². The molecule has 142 valence electrons. The summed E-state index contributed by atoms with van der Waals surface area (Å²) >= 11 is 4.08. The van der Waals surface area contributed by atoms with Crippen LogP contribution in [0.25, 0.3) is 0 Å². The Balaban J connectivity index is 1.48. The summed E-state index contributed by atoms with van der Waals surface area (Å²) in [6, 6.07) is 3.31. The Morgan fingerprint density at radius 3 is 3.00 bits per heavy atom. The Morgan fingerprint density at radius 1 is 1.46 bits per heavy atom. The molecule has 3 rings (SSSR count). The number of amides is 1. The van der Waals surface area contributed by atoms with Crippen molar-refractivity contribution in [2.45, 2.75) is 28.3 Å². The summed E-state index contributed by atoms with van der Waals surface area (Å²) in [6.07, 6.45) is 1.80. The fraction of sp³-hybridized carbons (Fsp3) is 0.533. The van der Waals surface area contributed by atoms with Crippen LogP contribution < -0.4 is 4.72 Å². The number of aryl methyl sites for hydroxylation is 1. The fourth-order valence-corrected chi connectivity index (χ4v) is 6.60. The number of rotatable bonds is 7. The van der Waals surface area contributed by atoms with Crippen LogP contribution in [0.3, 0.4) is 0 Å². The van der Waals surface area contributed by atoms with Crippen LogP contribution in [0.15, 0.2) is 26.1 Å². The van der Waals surface area contributed by atoms with Gasteiger partial charge in [-0.1, -0.05) is 29.2 Å². The number of piperidine rings is 1. The van der Waals surface area contributed by atoms with Crippen molar-refractivity contribution >= 4 is 50.4 Å².